The van der Waals surface area contributed by atoms with Gasteiger partial charge in [0.15, 0.2) is 5.15 Å². The summed E-state index contributed by atoms with van der Waals surface area (Å²) < 4.78 is 9.02. The van der Waals surface area contributed by atoms with Gasteiger partial charge in [-0.1, -0.05) is 48.0 Å². The quantitative estimate of drug-likeness (QED) is 0.871. The van der Waals surface area contributed by atoms with Gasteiger partial charge in [0.2, 0.25) is 0 Å². The molecule has 2 aromatic rings. The average Bonchev–Trinajstić information content (AvgIpc) is 2.79. The van der Waals surface area contributed by atoms with E-state index >= 15 is 0 Å². The molecule has 0 fully saturated rings. The number of hydrogen-bond acceptors (Lipinski definition) is 4. The van der Waals surface area contributed by atoms with E-state index in [0.717, 1.165) is 11.5 Å². The van der Waals surface area contributed by atoms with E-state index in [1.165, 1.54) is 6.08 Å². The Kier molecular flexibility index (Phi) is 4.16. The normalized spacial score (nSPS) is 13.9. The van der Waals surface area contributed by atoms with Crippen LogP contribution in [0.1, 0.15) is 10.4 Å². The lowest BCUT2D eigenvalue weighted by atomic mass is 9.92. The highest BCUT2D eigenvalue weighted by molar-refractivity contribution is 7.07. The standard InChI is InChI=1S/C13H11Cl2NO2S/c1-3-13(17,11-10(14)12(15)16-19-11)8-4-6-9(18-2)7-5-8/h3-7,17H,1H2,2H3. The van der Waals surface area contributed by atoms with Crippen LogP contribution in [-0.2, 0) is 5.60 Å². The molecule has 1 atom stereocenters. The molecule has 0 aliphatic heterocycles. The van der Waals surface area contributed by atoms with Crippen molar-refractivity contribution < 1.29 is 9.84 Å². The smallest absolute Gasteiger partial charge is 0.161 e. The highest BCUT2D eigenvalue weighted by Crippen LogP contribution is 2.41. The number of hydrogen-bond donors (Lipinski definition) is 1. The molecule has 1 aromatic heterocycles. The molecule has 100 valence electrons. The summed E-state index contributed by atoms with van der Waals surface area (Å²) in [5.41, 5.74) is -0.806. The minimum Gasteiger partial charge on any atom is -0.497 e. The van der Waals surface area contributed by atoms with Crippen molar-refractivity contribution in [1.82, 2.24) is 4.37 Å². The average molecular weight is 316 g/mol. The first-order valence-corrected chi connectivity index (χ1v) is 6.87. The summed E-state index contributed by atoms with van der Waals surface area (Å²) in [6, 6.07) is 6.98. The van der Waals surface area contributed by atoms with Crippen molar-refractivity contribution in [3.05, 3.63) is 57.5 Å². The lowest BCUT2D eigenvalue weighted by molar-refractivity contribution is 0.139. The molecule has 0 aliphatic carbocycles. The fraction of sp³-hybridized carbons (Fsp3) is 0.154. The molecule has 0 amide bonds. The highest BCUT2D eigenvalue weighted by atomic mass is 35.5. The van der Waals surface area contributed by atoms with Crippen molar-refractivity contribution in [2.24, 2.45) is 0 Å². The molecule has 1 heterocycles. The Morgan fingerprint density at radius 1 is 1.37 bits per heavy atom. The molecule has 0 radical (unpaired) electrons. The van der Waals surface area contributed by atoms with Crippen LogP contribution in [0.15, 0.2) is 36.9 Å². The van der Waals surface area contributed by atoms with Crippen molar-refractivity contribution in [2.75, 3.05) is 7.11 Å². The summed E-state index contributed by atoms with van der Waals surface area (Å²) in [4.78, 5) is 0.444. The molecule has 0 aliphatic rings. The summed E-state index contributed by atoms with van der Waals surface area (Å²) in [7, 11) is 1.58. The Bertz CT molecular complexity index is 597. The van der Waals surface area contributed by atoms with Crippen LogP contribution in [-0.4, -0.2) is 16.6 Å². The topological polar surface area (TPSA) is 42.4 Å². The number of benzene rings is 1. The summed E-state index contributed by atoms with van der Waals surface area (Å²) in [5, 5.41) is 11.2. The van der Waals surface area contributed by atoms with Gasteiger partial charge in [-0.25, -0.2) is 0 Å². The Balaban J connectivity index is 2.52. The van der Waals surface area contributed by atoms with Crippen LogP contribution in [0.5, 0.6) is 5.75 Å². The van der Waals surface area contributed by atoms with E-state index in [1.807, 2.05) is 0 Å². The monoisotopic (exact) mass is 315 g/mol. The van der Waals surface area contributed by atoms with E-state index in [0.29, 0.717) is 16.2 Å². The molecular weight excluding hydrogens is 305 g/mol. The van der Waals surface area contributed by atoms with E-state index in [9.17, 15) is 5.11 Å². The summed E-state index contributed by atoms with van der Waals surface area (Å²) >= 11 is 12.9. The van der Waals surface area contributed by atoms with E-state index < -0.39 is 5.60 Å². The largest absolute Gasteiger partial charge is 0.497 e. The predicted octanol–water partition coefficient (Wildman–Crippen LogP) is 3.88. The Morgan fingerprint density at radius 3 is 2.42 bits per heavy atom. The maximum atomic E-state index is 10.8. The van der Waals surface area contributed by atoms with Gasteiger partial charge in [-0.3, -0.25) is 0 Å². The van der Waals surface area contributed by atoms with Crippen molar-refractivity contribution >= 4 is 34.7 Å². The summed E-state index contributed by atoms with van der Waals surface area (Å²) in [5.74, 6) is 0.698. The zero-order valence-electron chi connectivity index (χ0n) is 10.1. The van der Waals surface area contributed by atoms with Crippen LogP contribution in [0.3, 0.4) is 0 Å². The van der Waals surface area contributed by atoms with Crippen LogP contribution in [0.2, 0.25) is 10.2 Å². The number of nitrogens with zero attached hydrogens (tertiary/aromatic N) is 1. The van der Waals surface area contributed by atoms with E-state index in [1.54, 1.807) is 31.4 Å². The molecule has 0 saturated carbocycles. The molecule has 6 heteroatoms. The van der Waals surface area contributed by atoms with Gasteiger partial charge in [0.25, 0.3) is 0 Å². The van der Waals surface area contributed by atoms with Gasteiger partial charge in [-0.05, 0) is 29.2 Å². The Labute approximate surface area is 125 Å². The van der Waals surface area contributed by atoms with Crippen molar-refractivity contribution in [3.8, 4) is 5.75 Å². The Morgan fingerprint density at radius 2 is 2.00 bits per heavy atom. The molecular formula is C13H11Cl2NO2S. The number of methoxy groups -OCH3 is 1. The second-order valence-corrected chi connectivity index (χ2v) is 5.32. The number of rotatable bonds is 4. The third kappa shape index (κ3) is 2.49. The second kappa shape index (κ2) is 5.51. The predicted molar refractivity (Wildman–Crippen MR) is 78.3 cm³/mol. The number of aromatic nitrogens is 1. The van der Waals surface area contributed by atoms with E-state index in [2.05, 4.69) is 11.0 Å². The first kappa shape index (κ1) is 14.3. The fourth-order valence-electron chi connectivity index (χ4n) is 1.68. The van der Waals surface area contributed by atoms with Crippen LogP contribution in [0.25, 0.3) is 0 Å². The SMILES string of the molecule is C=CC(O)(c1ccc(OC)cc1)c1snc(Cl)c1Cl. The van der Waals surface area contributed by atoms with E-state index in [4.69, 9.17) is 27.9 Å². The van der Waals surface area contributed by atoms with Crippen LogP contribution >= 0.6 is 34.7 Å². The molecule has 3 nitrogen and oxygen atoms in total. The second-order valence-electron chi connectivity index (χ2n) is 3.82. The molecule has 1 N–H and O–H groups in total. The zero-order chi connectivity index (χ0) is 14.0. The molecule has 0 saturated heterocycles. The zero-order valence-corrected chi connectivity index (χ0v) is 12.4. The molecule has 1 unspecified atom stereocenters. The lowest BCUT2D eigenvalue weighted by Gasteiger charge is -2.23. The third-order valence-electron chi connectivity index (χ3n) is 2.77. The van der Waals surface area contributed by atoms with Gasteiger partial charge in [0.05, 0.1) is 17.0 Å². The maximum Gasteiger partial charge on any atom is 0.161 e. The lowest BCUT2D eigenvalue weighted by Crippen LogP contribution is -2.23. The maximum absolute atomic E-state index is 10.8. The van der Waals surface area contributed by atoms with Crippen LogP contribution < -0.4 is 4.74 Å². The highest BCUT2D eigenvalue weighted by Gasteiger charge is 2.33. The fourth-order valence-corrected chi connectivity index (χ4v) is 3.06. The molecule has 19 heavy (non-hydrogen) atoms. The first-order valence-electron chi connectivity index (χ1n) is 5.34. The number of aliphatic hydroxyl groups is 1. The minimum atomic E-state index is -1.42. The Hall–Kier alpha value is -1.07. The first-order chi connectivity index (χ1) is 9.02. The van der Waals surface area contributed by atoms with Gasteiger partial charge in [0.1, 0.15) is 11.4 Å². The van der Waals surface area contributed by atoms with Gasteiger partial charge >= 0.3 is 0 Å². The van der Waals surface area contributed by atoms with Crippen molar-refractivity contribution in [3.63, 3.8) is 0 Å². The van der Waals surface area contributed by atoms with Gasteiger partial charge in [-0.15, -0.1) is 0 Å². The van der Waals surface area contributed by atoms with Crippen LogP contribution in [0, 0.1) is 0 Å². The third-order valence-corrected chi connectivity index (χ3v) is 4.69. The molecule has 2 rings (SSSR count). The van der Waals surface area contributed by atoms with Crippen LogP contribution in [0.4, 0.5) is 0 Å². The van der Waals surface area contributed by atoms with Crippen molar-refractivity contribution in [2.45, 2.75) is 5.60 Å². The molecule has 0 bridgehead atoms. The molecule has 1 aromatic carbocycles. The van der Waals surface area contributed by atoms with Crippen molar-refractivity contribution in [1.29, 1.82) is 0 Å². The minimum absolute atomic E-state index is 0.176. The van der Waals surface area contributed by atoms with Gasteiger partial charge < -0.3 is 9.84 Å². The molecule has 0 spiro atoms. The van der Waals surface area contributed by atoms with Gasteiger partial charge in [-0.2, -0.15) is 4.37 Å². The number of ether oxygens (including phenoxy) is 1. The van der Waals surface area contributed by atoms with Gasteiger partial charge in [0, 0.05) is 0 Å². The summed E-state index contributed by atoms with van der Waals surface area (Å²) in [6.07, 6.45) is 1.41. The number of halogens is 2. The summed E-state index contributed by atoms with van der Waals surface area (Å²) in [6.45, 7) is 3.67. The van der Waals surface area contributed by atoms with E-state index in [-0.39, 0.29) is 10.2 Å².